The summed E-state index contributed by atoms with van der Waals surface area (Å²) in [5.74, 6) is -0.777. The van der Waals surface area contributed by atoms with Gasteiger partial charge in [0.1, 0.15) is 0 Å². The fraction of sp³-hybridized carbons (Fsp3) is 0.889. The lowest BCUT2D eigenvalue weighted by atomic mass is 10.2. The van der Waals surface area contributed by atoms with Crippen LogP contribution in [0.5, 0.6) is 0 Å². The number of rotatable bonds is 4. The molecule has 0 aromatic rings. The number of ether oxygens (including phenoxy) is 1. The molecule has 0 saturated heterocycles. The van der Waals surface area contributed by atoms with Crippen molar-refractivity contribution in [3.05, 3.63) is 0 Å². The maximum atomic E-state index is 10.3. The molecule has 0 aromatic heterocycles. The smallest absolute Gasteiger partial charge is 0.305 e. The van der Waals surface area contributed by atoms with Crippen LogP contribution in [0, 0.1) is 0 Å². The molecule has 1 aliphatic rings. The monoisotopic (exact) mass is 172 g/mol. The minimum atomic E-state index is -0.777. The number of aliphatic carboxylic acids is 1. The van der Waals surface area contributed by atoms with E-state index in [9.17, 15) is 4.79 Å². The van der Waals surface area contributed by atoms with Crippen molar-refractivity contribution in [2.75, 3.05) is 0 Å². The Bertz CT molecular complexity index is 150. The summed E-state index contributed by atoms with van der Waals surface area (Å²) in [5.41, 5.74) is 0. The first kappa shape index (κ1) is 9.52. The second-order valence-corrected chi connectivity index (χ2v) is 3.45. The van der Waals surface area contributed by atoms with Crippen molar-refractivity contribution in [2.45, 2.75) is 51.2 Å². The van der Waals surface area contributed by atoms with Gasteiger partial charge in [0.2, 0.25) is 0 Å². The summed E-state index contributed by atoms with van der Waals surface area (Å²) in [6.45, 7) is 1.83. The first-order valence-electron chi connectivity index (χ1n) is 4.55. The quantitative estimate of drug-likeness (QED) is 0.703. The predicted molar refractivity (Wildman–Crippen MR) is 45.1 cm³/mol. The molecule has 0 bridgehead atoms. The highest BCUT2D eigenvalue weighted by molar-refractivity contribution is 5.67. The van der Waals surface area contributed by atoms with E-state index in [0.717, 1.165) is 12.8 Å². The number of carbonyl (C=O) groups is 1. The Morgan fingerprint density at radius 1 is 1.58 bits per heavy atom. The summed E-state index contributed by atoms with van der Waals surface area (Å²) in [7, 11) is 0. The maximum absolute atomic E-state index is 10.3. The lowest BCUT2D eigenvalue weighted by Crippen LogP contribution is -2.19. The highest BCUT2D eigenvalue weighted by Crippen LogP contribution is 2.22. The number of carboxylic acid groups (broad SMARTS) is 1. The Kier molecular flexibility index (Phi) is 3.53. The van der Waals surface area contributed by atoms with Gasteiger partial charge in [0.15, 0.2) is 0 Å². The van der Waals surface area contributed by atoms with E-state index in [0.29, 0.717) is 6.10 Å². The van der Waals surface area contributed by atoms with Crippen molar-refractivity contribution >= 4 is 5.97 Å². The van der Waals surface area contributed by atoms with Crippen LogP contribution in [-0.2, 0) is 9.53 Å². The minimum Gasteiger partial charge on any atom is -0.481 e. The molecule has 12 heavy (non-hydrogen) atoms. The molecule has 1 aliphatic carbocycles. The molecule has 0 aromatic carbocycles. The Morgan fingerprint density at radius 3 is 2.67 bits per heavy atom. The number of hydrogen-bond acceptors (Lipinski definition) is 2. The molecular formula is C9H16O3. The van der Waals surface area contributed by atoms with Crippen molar-refractivity contribution in [2.24, 2.45) is 0 Å². The van der Waals surface area contributed by atoms with Crippen LogP contribution in [0.2, 0.25) is 0 Å². The van der Waals surface area contributed by atoms with E-state index >= 15 is 0 Å². The SMILES string of the molecule is C[C@H](CC(=O)O)OC1CCCC1. The summed E-state index contributed by atoms with van der Waals surface area (Å²) in [4.78, 5) is 10.3. The molecule has 0 aliphatic heterocycles. The van der Waals surface area contributed by atoms with Crippen LogP contribution in [0.3, 0.4) is 0 Å². The molecule has 1 saturated carbocycles. The van der Waals surface area contributed by atoms with Crippen molar-refractivity contribution in [3.63, 3.8) is 0 Å². The summed E-state index contributed by atoms with van der Waals surface area (Å²) in [6.07, 6.45) is 4.96. The molecule has 0 unspecified atom stereocenters. The number of hydrogen-bond donors (Lipinski definition) is 1. The van der Waals surface area contributed by atoms with Crippen LogP contribution >= 0.6 is 0 Å². The minimum absolute atomic E-state index is 0.122. The second-order valence-electron chi connectivity index (χ2n) is 3.45. The van der Waals surface area contributed by atoms with Gasteiger partial charge in [0, 0.05) is 0 Å². The van der Waals surface area contributed by atoms with Gasteiger partial charge in [0.25, 0.3) is 0 Å². The highest BCUT2D eigenvalue weighted by Gasteiger charge is 2.19. The van der Waals surface area contributed by atoms with Crippen molar-refractivity contribution in [1.82, 2.24) is 0 Å². The van der Waals surface area contributed by atoms with E-state index < -0.39 is 5.97 Å². The molecule has 70 valence electrons. The molecule has 0 spiro atoms. The van der Waals surface area contributed by atoms with E-state index in [1.807, 2.05) is 6.92 Å². The van der Waals surface area contributed by atoms with E-state index in [4.69, 9.17) is 9.84 Å². The molecule has 1 rings (SSSR count). The Morgan fingerprint density at radius 2 is 2.17 bits per heavy atom. The van der Waals surface area contributed by atoms with Crippen LogP contribution in [-0.4, -0.2) is 23.3 Å². The zero-order valence-corrected chi connectivity index (χ0v) is 7.45. The van der Waals surface area contributed by atoms with Gasteiger partial charge in [-0.2, -0.15) is 0 Å². The van der Waals surface area contributed by atoms with Crippen molar-refractivity contribution in [1.29, 1.82) is 0 Å². The van der Waals surface area contributed by atoms with Gasteiger partial charge < -0.3 is 9.84 Å². The standard InChI is InChI=1S/C9H16O3/c1-7(6-9(10)11)12-8-4-2-3-5-8/h7-8H,2-6H2,1H3,(H,10,11)/t7-/m1/s1. The van der Waals surface area contributed by atoms with E-state index in [1.165, 1.54) is 12.8 Å². The van der Waals surface area contributed by atoms with Crippen LogP contribution in [0.4, 0.5) is 0 Å². The summed E-state index contributed by atoms with van der Waals surface area (Å²) < 4.78 is 5.54. The van der Waals surface area contributed by atoms with E-state index in [2.05, 4.69) is 0 Å². The first-order chi connectivity index (χ1) is 5.68. The molecule has 1 atom stereocenters. The predicted octanol–water partition coefficient (Wildman–Crippen LogP) is 1.81. The van der Waals surface area contributed by atoms with Gasteiger partial charge in [-0.3, -0.25) is 4.79 Å². The largest absolute Gasteiger partial charge is 0.481 e. The van der Waals surface area contributed by atoms with E-state index in [-0.39, 0.29) is 12.5 Å². The van der Waals surface area contributed by atoms with Gasteiger partial charge in [-0.05, 0) is 19.8 Å². The van der Waals surface area contributed by atoms with Crippen LogP contribution in [0.1, 0.15) is 39.0 Å². The fourth-order valence-electron chi connectivity index (χ4n) is 1.65. The van der Waals surface area contributed by atoms with Crippen LogP contribution in [0.15, 0.2) is 0 Å². The average Bonchev–Trinajstić information content (AvgIpc) is 2.37. The molecule has 1 fully saturated rings. The van der Waals surface area contributed by atoms with Gasteiger partial charge in [-0.25, -0.2) is 0 Å². The third kappa shape index (κ3) is 3.22. The average molecular weight is 172 g/mol. The number of carboxylic acids is 1. The summed E-state index contributed by atoms with van der Waals surface area (Å²) in [6, 6.07) is 0. The molecule has 1 N–H and O–H groups in total. The first-order valence-corrected chi connectivity index (χ1v) is 4.55. The summed E-state index contributed by atoms with van der Waals surface area (Å²) >= 11 is 0. The van der Waals surface area contributed by atoms with Crippen LogP contribution < -0.4 is 0 Å². The Balaban J connectivity index is 2.16. The molecule has 3 heteroatoms. The van der Waals surface area contributed by atoms with Crippen molar-refractivity contribution in [3.8, 4) is 0 Å². The molecule has 0 amide bonds. The molecule has 0 radical (unpaired) electrons. The van der Waals surface area contributed by atoms with Crippen molar-refractivity contribution < 1.29 is 14.6 Å². The zero-order valence-electron chi connectivity index (χ0n) is 7.45. The van der Waals surface area contributed by atoms with Gasteiger partial charge >= 0.3 is 5.97 Å². The lowest BCUT2D eigenvalue weighted by Gasteiger charge is -2.16. The van der Waals surface area contributed by atoms with Gasteiger partial charge in [-0.1, -0.05) is 12.8 Å². The Labute approximate surface area is 72.7 Å². The van der Waals surface area contributed by atoms with Gasteiger partial charge in [0.05, 0.1) is 18.6 Å². The highest BCUT2D eigenvalue weighted by atomic mass is 16.5. The maximum Gasteiger partial charge on any atom is 0.305 e. The third-order valence-corrected chi connectivity index (χ3v) is 2.19. The Hall–Kier alpha value is -0.570. The normalized spacial score (nSPS) is 21.1. The van der Waals surface area contributed by atoms with Crippen LogP contribution in [0.25, 0.3) is 0 Å². The second kappa shape index (κ2) is 4.45. The lowest BCUT2D eigenvalue weighted by molar-refractivity contribution is -0.140. The topological polar surface area (TPSA) is 46.5 Å². The third-order valence-electron chi connectivity index (χ3n) is 2.19. The van der Waals surface area contributed by atoms with E-state index in [1.54, 1.807) is 0 Å². The molecular weight excluding hydrogens is 156 g/mol. The molecule has 0 heterocycles. The summed E-state index contributed by atoms with van der Waals surface area (Å²) in [5, 5.41) is 8.48. The molecule has 3 nitrogen and oxygen atoms in total. The zero-order chi connectivity index (χ0) is 8.97. The van der Waals surface area contributed by atoms with Gasteiger partial charge in [-0.15, -0.1) is 0 Å². The fourth-order valence-corrected chi connectivity index (χ4v) is 1.65.